The molecular weight excluding hydrogens is 336 g/mol. The molecule has 1 saturated heterocycles. The minimum atomic E-state index is -4.67. The van der Waals surface area contributed by atoms with Crippen LogP contribution in [-0.2, 0) is 19.9 Å². The molecule has 0 radical (unpaired) electrons. The Kier molecular flexibility index (Phi) is 5.94. The van der Waals surface area contributed by atoms with Crippen molar-refractivity contribution < 1.29 is 27.0 Å². The van der Waals surface area contributed by atoms with Gasteiger partial charge in [0.05, 0.1) is 6.04 Å². The Morgan fingerprint density at radius 3 is 2.33 bits per heavy atom. The van der Waals surface area contributed by atoms with Gasteiger partial charge in [-0.3, -0.25) is 14.1 Å². The van der Waals surface area contributed by atoms with Gasteiger partial charge >= 0.3 is 10.4 Å². The number of piperidine rings is 1. The van der Waals surface area contributed by atoms with Crippen molar-refractivity contribution in [1.82, 2.24) is 4.90 Å². The molecule has 2 aliphatic heterocycles. The lowest BCUT2D eigenvalue weighted by Crippen LogP contribution is -2.53. The number of benzene rings is 1. The van der Waals surface area contributed by atoms with Crippen molar-refractivity contribution in [3.63, 3.8) is 0 Å². The van der Waals surface area contributed by atoms with Crippen molar-refractivity contribution in [2.75, 3.05) is 27.3 Å². The summed E-state index contributed by atoms with van der Waals surface area (Å²) in [5.41, 5.74) is 1.26. The molecule has 24 heavy (non-hydrogen) atoms. The van der Waals surface area contributed by atoms with Crippen LogP contribution in [0.1, 0.15) is 24.4 Å². The van der Waals surface area contributed by atoms with E-state index >= 15 is 0 Å². The average Bonchev–Trinajstić information content (AvgIpc) is 2.98. The monoisotopic (exact) mass is 358 g/mol. The quantitative estimate of drug-likeness (QED) is 0.623. The van der Waals surface area contributed by atoms with Gasteiger partial charge in [0.25, 0.3) is 0 Å². The van der Waals surface area contributed by atoms with Gasteiger partial charge in [-0.25, -0.2) is 0 Å². The maximum Gasteiger partial charge on any atom is 0.394 e. The molecular formula is C15H22N2O6S. The molecule has 0 spiro atoms. The molecule has 9 heteroatoms. The average molecular weight is 358 g/mol. The predicted molar refractivity (Wildman–Crippen MR) is 88.4 cm³/mol. The van der Waals surface area contributed by atoms with E-state index in [0.29, 0.717) is 0 Å². The SMILES string of the molecule is COC1(OC)CCCN2CC(c3ccccc3)N=C21.O=S(=O)(O)O. The van der Waals surface area contributed by atoms with E-state index in [-0.39, 0.29) is 6.04 Å². The summed E-state index contributed by atoms with van der Waals surface area (Å²) in [6, 6.07) is 10.6. The minimum Gasteiger partial charge on any atom is -0.353 e. The molecule has 8 nitrogen and oxygen atoms in total. The molecule has 0 bridgehead atoms. The molecule has 134 valence electrons. The van der Waals surface area contributed by atoms with E-state index in [2.05, 4.69) is 29.2 Å². The summed E-state index contributed by atoms with van der Waals surface area (Å²) in [4.78, 5) is 7.17. The van der Waals surface area contributed by atoms with Crippen LogP contribution in [0.4, 0.5) is 0 Å². The molecule has 0 amide bonds. The zero-order chi connectivity index (χ0) is 17.8. The Bertz CT molecular complexity index is 664. The Morgan fingerprint density at radius 2 is 1.79 bits per heavy atom. The Morgan fingerprint density at radius 1 is 1.21 bits per heavy atom. The van der Waals surface area contributed by atoms with Gasteiger partial charge in [0.1, 0.15) is 0 Å². The second kappa shape index (κ2) is 7.58. The van der Waals surface area contributed by atoms with Crippen LogP contribution in [0.2, 0.25) is 0 Å². The van der Waals surface area contributed by atoms with E-state index in [4.69, 9.17) is 32.0 Å². The smallest absolute Gasteiger partial charge is 0.353 e. The summed E-state index contributed by atoms with van der Waals surface area (Å²) < 4.78 is 42.8. The van der Waals surface area contributed by atoms with Crippen LogP contribution in [0.5, 0.6) is 0 Å². The van der Waals surface area contributed by atoms with Crippen molar-refractivity contribution in [3.05, 3.63) is 35.9 Å². The van der Waals surface area contributed by atoms with Crippen LogP contribution in [-0.4, -0.2) is 61.4 Å². The summed E-state index contributed by atoms with van der Waals surface area (Å²) in [5, 5.41) is 0. The molecule has 1 aromatic carbocycles. The first kappa shape index (κ1) is 18.8. The Hall–Kier alpha value is -1.52. The molecule has 3 rings (SSSR count). The summed E-state index contributed by atoms with van der Waals surface area (Å²) in [5.74, 6) is 0.305. The van der Waals surface area contributed by atoms with Crippen LogP contribution in [0.25, 0.3) is 0 Å². The minimum absolute atomic E-state index is 0.193. The van der Waals surface area contributed by atoms with Gasteiger partial charge in [-0.15, -0.1) is 0 Å². The van der Waals surface area contributed by atoms with Crippen LogP contribution in [0, 0.1) is 0 Å². The Balaban J connectivity index is 0.000000368. The molecule has 1 atom stereocenters. The fourth-order valence-electron chi connectivity index (χ4n) is 3.04. The van der Waals surface area contributed by atoms with Crippen LogP contribution < -0.4 is 0 Å². The number of fused-ring (bicyclic) bond motifs is 1. The van der Waals surface area contributed by atoms with Gasteiger partial charge in [0.15, 0.2) is 5.84 Å². The molecule has 2 N–H and O–H groups in total. The number of amidine groups is 1. The third-order valence-corrected chi connectivity index (χ3v) is 4.09. The molecule has 1 unspecified atom stereocenters. The number of hydrogen-bond acceptors (Lipinski definition) is 6. The summed E-state index contributed by atoms with van der Waals surface area (Å²) in [6.07, 6.45) is 1.94. The zero-order valence-electron chi connectivity index (χ0n) is 13.6. The van der Waals surface area contributed by atoms with E-state index in [9.17, 15) is 0 Å². The molecule has 1 aromatic rings. The third-order valence-electron chi connectivity index (χ3n) is 4.09. The highest BCUT2D eigenvalue weighted by Crippen LogP contribution is 2.35. The molecule has 0 saturated carbocycles. The highest BCUT2D eigenvalue weighted by molar-refractivity contribution is 7.79. The highest BCUT2D eigenvalue weighted by Gasteiger charge is 2.46. The maximum atomic E-state index is 8.74. The van der Waals surface area contributed by atoms with Gasteiger partial charge < -0.3 is 14.4 Å². The standard InChI is InChI=1S/C15H20N2O2.H2O4S/c1-18-15(19-2)9-6-10-17-11-13(16-14(15)17)12-7-4-3-5-8-12;1-5(2,3)4/h3-5,7-8,13H,6,9-11H2,1-2H3;(H2,1,2,3,4). The number of nitrogens with zero attached hydrogens (tertiary/aromatic N) is 2. The van der Waals surface area contributed by atoms with Crippen LogP contribution in [0.3, 0.4) is 0 Å². The van der Waals surface area contributed by atoms with Gasteiger partial charge in [0, 0.05) is 33.7 Å². The molecule has 1 fully saturated rings. The summed E-state index contributed by atoms with van der Waals surface area (Å²) in [7, 11) is -1.27. The van der Waals surface area contributed by atoms with Gasteiger partial charge in [-0.05, 0) is 12.0 Å². The lowest BCUT2D eigenvalue weighted by atomic mass is 10.0. The number of hydrogen-bond donors (Lipinski definition) is 2. The predicted octanol–water partition coefficient (Wildman–Crippen LogP) is 1.57. The molecule has 2 aliphatic rings. The van der Waals surface area contributed by atoms with Crippen molar-refractivity contribution >= 4 is 16.2 Å². The first-order chi connectivity index (χ1) is 11.3. The van der Waals surface area contributed by atoms with E-state index in [1.807, 2.05) is 6.07 Å². The van der Waals surface area contributed by atoms with Gasteiger partial charge in [0.2, 0.25) is 5.79 Å². The second-order valence-corrected chi connectivity index (χ2v) is 6.43. The molecule has 0 aliphatic carbocycles. The zero-order valence-corrected chi connectivity index (χ0v) is 14.4. The molecule has 2 heterocycles. The normalized spacial score (nSPS) is 22.2. The number of aliphatic imine (C=N–C) groups is 1. The fraction of sp³-hybridized carbons (Fsp3) is 0.533. The second-order valence-electron chi connectivity index (χ2n) is 5.54. The van der Waals surface area contributed by atoms with E-state index in [1.165, 1.54) is 5.56 Å². The van der Waals surface area contributed by atoms with Crippen LogP contribution >= 0.6 is 0 Å². The summed E-state index contributed by atoms with van der Waals surface area (Å²) in [6.45, 7) is 1.96. The first-order valence-corrected chi connectivity index (χ1v) is 8.87. The van der Waals surface area contributed by atoms with Crippen LogP contribution in [0.15, 0.2) is 35.3 Å². The number of methoxy groups -OCH3 is 2. The first-order valence-electron chi connectivity index (χ1n) is 7.47. The van der Waals surface area contributed by atoms with Crippen molar-refractivity contribution in [2.24, 2.45) is 4.99 Å². The van der Waals surface area contributed by atoms with Crippen molar-refractivity contribution in [2.45, 2.75) is 24.7 Å². The number of ether oxygens (including phenoxy) is 2. The van der Waals surface area contributed by atoms with Crippen molar-refractivity contribution in [3.8, 4) is 0 Å². The van der Waals surface area contributed by atoms with E-state index in [0.717, 1.165) is 31.8 Å². The lowest BCUT2D eigenvalue weighted by molar-refractivity contribution is -0.170. The third kappa shape index (κ3) is 4.52. The molecule has 0 aromatic heterocycles. The lowest BCUT2D eigenvalue weighted by Gasteiger charge is -2.39. The Labute approximate surface area is 141 Å². The van der Waals surface area contributed by atoms with E-state index < -0.39 is 16.2 Å². The van der Waals surface area contributed by atoms with E-state index in [1.54, 1.807) is 14.2 Å². The van der Waals surface area contributed by atoms with Gasteiger partial charge in [-0.1, -0.05) is 30.3 Å². The summed E-state index contributed by atoms with van der Waals surface area (Å²) >= 11 is 0. The largest absolute Gasteiger partial charge is 0.394 e. The number of rotatable bonds is 3. The fourth-order valence-corrected chi connectivity index (χ4v) is 3.04. The van der Waals surface area contributed by atoms with Crippen molar-refractivity contribution in [1.29, 1.82) is 0 Å². The highest BCUT2D eigenvalue weighted by atomic mass is 32.3. The van der Waals surface area contributed by atoms with Gasteiger partial charge in [-0.2, -0.15) is 8.42 Å². The maximum absolute atomic E-state index is 8.74. The topological polar surface area (TPSA) is 109 Å².